The Labute approximate surface area is 197 Å². The largest absolute Gasteiger partial charge is 0.297 e. The summed E-state index contributed by atoms with van der Waals surface area (Å²) in [5, 5.41) is 0.714. The number of hydrogen-bond acceptors (Lipinski definition) is 2. The fourth-order valence-electron chi connectivity index (χ4n) is 5.89. The molecule has 5 heteroatoms. The van der Waals surface area contributed by atoms with Crippen molar-refractivity contribution in [1.82, 2.24) is 19.1 Å². The first-order chi connectivity index (χ1) is 16.3. The molecule has 0 unspecified atom stereocenters. The van der Waals surface area contributed by atoms with Gasteiger partial charge in [0, 0.05) is 0 Å². The number of nitrogens with zero attached hydrogens (tertiary/aromatic N) is 4. The van der Waals surface area contributed by atoms with Crippen LogP contribution in [0.1, 0.15) is 47.9 Å². The number of halogens is 1. The molecular weight excluding hydrogens is 428 g/mol. The summed E-state index contributed by atoms with van der Waals surface area (Å²) < 4.78 is 4.27. The summed E-state index contributed by atoms with van der Waals surface area (Å²) in [5.41, 5.74) is 12.1. The lowest BCUT2D eigenvalue weighted by Crippen LogP contribution is -2.04. The predicted molar refractivity (Wildman–Crippen MR) is 134 cm³/mol. The Hall–Kier alpha value is -3.11. The minimum Gasteiger partial charge on any atom is -0.297 e. The van der Waals surface area contributed by atoms with Crippen LogP contribution in [-0.4, -0.2) is 19.1 Å². The van der Waals surface area contributed by atoms with E-state index in [-0.39, 0.29) is 0 Å². The van der Waals surface area contributed by atoms with Gasteiger partial charge in [0.2, 0.25) is 0 Å². The van der Waals surface area contributed by atoms with Gasteiger partial charge < -0.3 is 0 Å². The molecule has 33 heavy (non-hydrogen) atoms. The van der Waals surface area contributed by atoms with Crippen molar-refractivity contribution in [1.29, 1.82) is 0 Å². The van der Waals surface area contributed by atoms with Crippen LogP contribution in [0.2, 0.25) is 5.02 Å². The van der Waals surface area contributed by atoms with E-state index in [1.54, 1.807) is 0 Å². The molecule has 2 aromatic heterocycles. The van der Waals surface area contributed by atoms with Crippen LogP contribution in [0.5, 0.6) is 0 Å². The van der Waals surface area contributed by atoms with Gasteiger partial charge in [-0.25, -0.2) is 9.97 Å². The van der Waals surface area contributed by atoms with Crippen LogP contribution >= 0.6 is 11.6 Å². The lowest BCUT2D eigenvalue weighted by Gasteiger charge is -2.17. The molecule has 0 saturated carbocycles. The van der Waals surface area contributed by atoms with Gasteiger partial charge >= 0.3 is 0 Å². The molecule has 2 heterocycles. The smallest absolute Gasteiger partial charge is 0.100 e. The normalized spacial score (nSPS) is 15.7. The number of hydrogen-bond donors (Lipinski definition) is 0. The summed E-state index contributed by atoms with van der Waals surface area (Å²) in [6, 6.07) is 15.2. The highest BCUT2D eigenvalue weighted by Gasteiger charge is 2.20. The SMILES string of the molecule is Clc1c(-n2cnc3c4c(ccc32)CCCC4)cccc1-n1cnc2c3c(ccc21)CCCC3. The molecule has 2 aliphatic rings. The molecule has 2 aliphatic carbocycles. The summed E-state index contributed by atoms with van der Waals surface area (Å²) in [6.45, 7) is 0. The summed E-state index contributed by atoms with van der Waals surface area (Å²) in [6.07, 6.45) is 13.4. The Kier molecular flexibility index (Phi) is 4.38. The third-order valence-electron chi connectivity index (χ3n) is 7.56. The molecule has 164 valence electrons. The Morgan fingerprint density at radius 1 is 0.606 bits per heavy atom. The van der Waals surface area contributed by atoms with Gasteiger partial charge in [0.05, 0.1) is 38.5 Å². The van der Waals surface area contributed by atoms with Crippen molar-refractivity contribution in [2.75, 3.05) is 0 Å². The van der Waals surface area contributed by atoms with E-state index >= 15 is 0 Å². The highest BCUT2D eigenvalue weighted by molar-refractivity contribution is 6.34. The van der Waals surface area contributed by atoms with Crippen molar-refractivity contribution in [2.24, 2.45) is 0 Å². The number of imidazole rings is 2. The van der Waals surface area contributed by atoms with E-state index < -0.39 is 0 Å². The fraction of sp³-hybridized carbons (Fsp3) is 0.286. The number of aryl methyl sites for hydroxylation is 4. The van der Waals surface area contributed by atoms with Crippen molar-refractivity contribution in [2.45, 2.75) is 51.4 Å². The second-order valence-electron chi connectivity index (χ2n) is 9.40. The molecule has 0 atom stereocenters. The molecular formula is C28H25ClN4. The molecule has 0 N–H and O–H groups in total. The second kappa shape index (κ2) is 7.46. The number of aromatic nitrogens is 4. The first-order valence-electron chi connectivity index (χ1n) is 12.0. The Bertz CT molecular complexity index is 1430. The maximum Gasteiger partial charge on any atom is 0.100 e. The zero-order chi connectivity index (χ0) is 21.9. The number of benzene rings is 3. The lowest BCUT2D eigenvalue weighted by molar-refractivity contribution is 0.689. The Morgan fingerprint density at radius 3 is 1.61 bits per heavy atom. The van der Waals surface area contributed by atoms with Crippen molar-refractivity contribution in [3.05, 3.63) is 82.4 Å². The molecule has 0 aliphatic heterocycles. The minimum absolute atomic E-state index is 0.714. The first kappa shape index (κ1) is 19.4. The summed E-state index contributed by atoms with van der Waals surface area (Å²) in [5.74, 6) is 0. The van der Waals surface area contributed by atoms with Gasteiger partial charge in [0.25, 0.3) is 0 Å². The first-order valence-corrected chi connectivity index (χ1v) is 12.4. The van der Waals surface area contributed by atoms with Gasteiger partial charge in [-0.2, -0.15) is 0 Å². The quantitative estimate of drug-likeness (QED) is 0.296. The molecule has 0 spiro atoms. The molecule has 0 bridgehead atoms. The maximum atomic E-state index is 7.08. The van der Waals surface area contributed by atoms with Gasteiger partial charge in [0.1, 0.15) is 12.7 Å². The fourth-order valence-corrected chi connectivity index (χ4v) is 6.20. The van der Waals surface area contributed by atoms with E-state index in [0.717, 1.165) is 59.1 Å². The van der Waals surface area contributed by atoms with Crippen LogP contribution in [0, 0.1) is 0 Å². The Balaban J connectivity index is 1.39. The van der Waals surface area contributed by atoms with Crippen LogP contribution in [-0.2, 0) is 25.7 Å². The van der Waals surface area contributed by atoms with Crippen LogP contribution in [0.25, 0.3) is 33.4 Å². The molecule has 4 nitrogen and oxygen atoms in total. The highest BCUT2D eigenvalue weighted by Crippen LogP contribution is 2.35. The average Bonchev–Trinajstić information content (AvgIpc) is 3.49. The van der Waals surface area contributed by atoms with Gasteiger partial charge in [-0.3, -0.25) is 9.13 Å². The molecule has 0 saturated heterocycles. The van der Waals surface area contributed by atoms with E-state index in [1.165, 1.54) is 47.9 Å². The van der Waals surface area contributed by atoms with Gasteiger partial charge in [-0.1, -0.05) is 29.8 Å². The third-order valence-corrected chi connectivity index (χ3v) is 7.95. The van der Waals surface area contributed by atoms with Crippen molar-refractivity contribution >= 4 is 33.7 Å². The third kappa shape index (κ3) is 2.90. The number of fused-ring (bicyclic) bond motifs is 6. The zero-order valence-corrected chi connectivity index (χ0v) is 19.3. The molecule has 5 aromatic rings. The van der Waals surface area contributed by atoms with Gasteiger partial charge in [-0.15, -0.1) is 0 Å². The van der Waals surface area contributed by atoms with Crippen molar-refractivity contribution < 1.29 is 0 Å². The molecule has 3 aromatic carbocycles. The van der Waals surface area contributed by atoms with Crippen LogP contribution < -0.4 is 0 Å². The standard InChI is InChI=1S/C28H25ClN4/c29-26-22(32-16-30-27-20-8-3-1-6-18(20)12-14-24(27)32)10-5-11-23(26)33-17-31-28-21-9-4-2-7-19(21)13-15-25(28)33/h5,10-17H,1-4,6-9H2. The van der Waals surface area contributed by atoms with Crippen LogP contribution in [0.15, 0.2) is 55.1 Å². The summed E-state index contributed by atoms with van der Waals surface area (Å²) >= 11 is 7.08. The zero-order valence-electron chi connectivity index (χ0n) is 18.5. The number of rotatable bonds is 2. The van der Waals surface area contributed by atoms with E-state index in [2.05, 4.69) is 51.6 Å². The minimum atomic E-state index is 0.714. The molecule has 7 rings (SSSR count). The summed E-state index contributed by atoms with van der Waals surface area (Å²) in [4.78, 5) is 9.65. The van der Waals surface area contributed by atoms with E-state index in [9.17, 15) is 0 Å². The summed E-state index contributed by atoms with van der Waals surface area (Å²) in [7, 11) is 0. The lowest BCUT2D eigenvalue weighted by atomic mass is 9.91. The Morgan fingerprint density at radius 2 is 1.09 bits per heavy atom. The van der Waals surface area contributed by atoms with E-state index in [1.807, 2.05) is 12.7 Å². The van der Waals surface area contributed by atoms with Crippen molar-refractivity contribution in [3.63, 3.8) is 0 Å². The topological polar surface area (TPSA) is 35.6 Å². The van der Waals surface area contributed by atoms with E-state index in [0.29, 0.717) is 5.02 Å². The van der Waals surface area contributed by atoms with Gasteiger partial charge in [-0.05, 0) is 97.9 Å². The van der Waals surface area contributed by atoms with Crippen molar-refractivity contribution in [3.8, 4) is 11.4 Å². The van der Waals surface area contributed by atoms with Crippen LogP contribution in [0.4, 0.5) is 0 Å². The maximum absolute atomic E-state index is 7.08. The van der Waals surface area contributed by atoms with Gasteiger partial charge in [0.15, 0.2) is 0 Å². The van der Waals surface area contributed by atoms with E-state index in [4.69, 9.17) is 21.6 Å². The molecule has 0 fully saturated rings. The highest BCUT2D eigenvalue weighted by atomic mass is 35.5. The second-order valence-corrected chi connectivity index (χ2v) is 9.77. The monoisotopic (exact) mass is 452 g/mol. The predicted octanol–water partition coefficient (Wildman–Crippen LogP) is 6.78. The molecule has 0 amide bonds. The average molecular weight is 453 g/mol. The molecule has 0 radical (unpaired) electrons. The van der Waals surface area contributed by atoms with Crippen LogP contribution in [0.3, 0.4) is 0 Å².